The van der Waals surface area contributed by atoms with Gasteiger partial charge in [-0.15, -0.1) is 0 Å². The van der Waals surface area contributed by atoms with Gasteiger partial charge in [-0.05, 0) is 25.3 Å². The molecule has 27 heavy (non-hydrogen) atoms. The SMILES string of the molecule is CN=C(NCCNC(=O)C(C)C)NC1CCN(Cc2ccccc2)C(C)C1. The topological polar surface area (TPSA) is 68.8 Å². The summed E-state index contributed by atoms with van der Waals surface area (Å²) in [6.45, 7) is 9.45. The molecule has 0 radical (unpaired) electrons. The number of amides is 1. The van der Waals surface area contributed by atoms with Crippen molar-refractivity contribution < 1.29 is 4.79 Å². The summed E-state index contributed by atoms with van der Waals surface area (Å²) < 4.78 is 0. The van der Waals surface area contributed by atoms with E-state index in [4.69, 9.17) is 0 Å². The lowest BCUT2D eigenvalue weighted by Gasteiger charge is -2.38. The Bertz CT molecular complexity index is 602. The van der Waals surface area contributed by atoms with E-state index in [9.17, 15) is 4.79 Å². The van der Waals surface area contributed by atoms with Crippen molar-refractivity contribution in [2.24, 2.45) is 10.9 Å². The zero-order valence-corrected chi connectivity index (χ0v) is 17.2. The highest BCUT2D eigenvalue weighted by atomic mass is 16.1. The molecule has 0 bridgehead atoms. The molecule has 1 amide bonds. The molecule has 1 fully saturated rings. The van der Waals surface area contributed by atoms with Gasteiger partial charge in [0.15, 0.2) is 5.96 Å². The second-order valence-corrected chi connectivity index (χ2v) is 7.62. The van der Waals surface area contributed by atoms with Gasteiger partial charge in [0.2, 0.25) is 5.91 Å². The molecule has 6 heteroatoms. The van der Waals surface area contributed by atoms with E-state index in [-0.39, 0.29) is 11.8 Å². The minimum atomic E-state index is 0.0185. The molecule has 1 saturated heterocycles. The molecule has 0 aliphatic carbocycles. The quantitative estimate of drug-likeness (QED) is 0.388. The average Bonchev–Trinajstić information content (AvgIpc) is 2.66. The second kappa shape index (κ2) is 10.9. The Morgan fingerprint density at radius 2 is 1.93 bits per heavy atom. The summed E-state index contributed by atoms with van der Waals surface area (Å²) in [6, 6.07) is 11.6. The van der Waals surface area contributed by atoms with Gasteiger partial charge in [-0.3, -0.25) is 14.7 Å². The average molecular weight is 374 g/mol. The zero-order chi connectivity index (χ0) is 19.6. The molecule has 2 unspecified atom stereocenters. The first kappa shape index (κ1) is 21.2. The zero-order valence-electron chi connectivity index (χ0n) is 17.2. The smallest absolute Gasteiger partial charge is 0.222 e. The van der Waals surface area contributed by atoms with Gasteiger partial charge < -0.3 is 16.0 Å². The molecular weight excluding hydrogens is 338 g/mol. The van der Waals surface area contributed by atoms with Gasteiger partial charge in [-0.2, -0.15) is 0 Å². The van der Waals surface area contributed by atoms with E-state index in [1.807, 2.05) is 13.8 Å². The summed E-state index contributed by atoms with van der Waals surface area (Å²) in [4.78, 5) is 18.4. The van der Waals surface area contributed by atoms with Crippen molar-refractivity contribution in [2.45, 2.75) is 52.2 Å². The number of hydrogen-bond donors (Lipinski definition) is 3. The van der Waals surface area contributed by atoms with Crippen molar-refractivity contribution in [3.05, 3.63) is 35.9 Å². The lowest BCUT2D eigenvalue weighted by Crippen LogP contribution is -2.52. The molecule has 3 N–H and O–H groups in total. The third-order valence-corrected chi connectivity index (χ3v) is 5.05. The van der Waals surface area contributed by atoms with E-state index >= 15 is 0 Å². The maximum absolute atomic E-state index is 11.6. The second-order valence-electron chi connectivity index (χ2n) is 7.62. The Morgan fingerprint density at radius 1 is 1.22 bits per heavy atom. The van der Waals surface area contributed by atoms with E-state index in [0.29, 0.717) is 25.2 Å². The lowest BCUT2D eigenvalue weighted by molar-refractivity contribution is -0.123. The number of likely N-dealkylation sites (tertiary alicyclic amines) is 1. The van der Waals surface area contributed by atoms with E-state index in [1.54, 1.807) is 7.05 Å². The standard InChI is InChI=1S/C21H35N5O/c1-16(2)20(27)23-11-12-24-21(22-4)25-19-10-13-26(17(3)14-19)15-18-8-6-5-7-9-18/h5-9,16-17,19H,10-15H2,1-4H3,(H,23,27)(H2,22,24,25). The molecule has 1 aromatic rings. The Balaban J connectivity index is 1.71. The van der Waals surface area contributed by atoms with Crippen LogP contribution in [0.4, 0.5) is 0 Å². The number of piperidine rings is 1. The maximum atomic E-state index is 11.6. The molecule has 1 heterocycles. The summed E-state index contributed by atoms with van der Waals surface area (Å²) in [7, 11) is 1.79. The molecule has 1 aliphatic heterocycles. The van der Waals surface area contributed by atoms with Crippen molar-refractivity contribution in [2.75, 3.05) is 26.7 Å². The monoisotopic (exact) mass is 373 g/mol. The fourth-order valence-corrected chi connectivity index (χ4v) is 3.36. The fourth-order valence-electron chi connectivity index (χ4n) is 3.36. The molecule has 2 atom stereocenters. The van der Waals surface area contributed by atoms with Crippen LogP contribution in [0, 0.1) is 5.92 Å². The first-order valence-electron chi connectivity index (χ1n) is 10.0. The molecule has 1 aliphatic rings. The van der Waals surface area contributed by atoms with Gasteiger partial charge in [0.05, 0.1) is 0 Å². The van der Waals surface area contributed by atoms with Crippen molar-refractivity contribution in [3.8, 4) is 0 Å². The minimum Gasteiger partial charge on any atom is -0.355 e. The Morgan fingerprint density at radius 3 is 2.56 bits per heavy atom. The van der Waals surface area contributed by atoms with Crippen LogP contribution in [-0.4, -0.2) is 55.5 Å². The number of benzene rings is 1. The normalized spacial score (nSPS) is 21.1. The highest BCUT2D eigenvalue weighted by molar-refractivity contribution is 5.80. The van der Waals surface area contributed by atoms with Gasteiger partial charge in [0.1, 0.15) is 0 Å². The third kappa shape index (κ3) is 7.21. The van der Waals surface area contributed by atoms with Crippen LogP contribution >= 0.6 is 0 Å². The van der Waals surface area contributed by atoms with Crippen molar-refractivity contribution in [1.82, 2.24) is 20.9 Å². The third-order valence-electron chi connectivity index (χ3n) is 5.05. The van der Waals surface area contributed by atoms with Crippen LogP contribution in [0.1, 0.15) is 39.2 Å². The number of hydrogen-bond acceptors (Lipinski definition) is 3. The van der Waals surface area contributed by atoms with E-state index in [1.165, 1.54) is 5.56 Å². The number of rotatable bonds is 7. The number of nitrogens with one attached hydrogen (secondary N) is 3. The number of carbonyl (C=O) groups is 1. The molecule has 6 nitrogen and oxygen atoms in total. The number of aliphatic imine (C=N–C) groups is 1. The minimum absolute atomic E-state index is 0.0185. The van der Waals surface area contributed by atoms with Gasteiger partial charge in [0.25, 0.3) is 0 Å². The Hall–Kier alpha value is -2.08. The van der Waals surface area contributed by atoms with Crippen LogP contribution < -0.4 is 16.0 Å². The van der Waals surface area contributed by atoms with Crippen LogP contribution in [0.2, 0.25) is 0 Å². The Labute approximate surface area is 163 Å². The highest BCUT2D eigenvalue weighted by Crippen LogP contribution is 2.19. The molecule has 150 valence electrons. The summed E-state index contributed by atoms with van der Waals surface area (Å²) >= 11 is 0. The summed E-state index contributed by atoms with van der Waals surface area (Å²) in [5.41, 5.74) is 1.37. The van der Waals surface area contributed by atoms with Crippen LogP contribution in [-0.2, 0) is 11.3 Å². The van der Waals surface area contributed by atoms with Crippen molar-refractivity contribution in [1.29, 1.82) is 0 Å². The van der Waals surface area contributed by atoms with E-state index in [0.717, 1.165) is 31.9 Å². The molecule has 0 aromatic heterocycles. The summed E-state index contributed by atoms with van der Waals surface area (Å²) in [6.07, 6.45) is 2.19. The van der Waals surface area contributed by atoms with E-state index < -0.39 is 0 Å². The van der Waals surface area contributed by atoms with Crippen LogP contribution in [0.5, 0.6) is 0 Å². The summed E-state index contributed by atoms with van der Waals surface area (Å²) in [5, 5.41) is 9.73. The number of guanidine groups is 1. The molecule has 0 saturated carbocycles. The molecule has 2 rings (SSSR count). The number of carbonyl (C=O) groups excluding carboxylic acids is 1. The summed E-state index contributed by atoms with van der Waals surface area (Å²) in [5.74, 6) is 0.909. The largest absolute Gasteiger partial charge is 0.355 e. The van der Waals surface area contributed by atoms with Crippen LogP contribution in [0.15, 0.2) is 35.3 Å². The van der Waals surface area contributed by atoms with Crippen LogP contribution in [0.3, 0.4) is 0 Å². The van der Waals surface area contributed by atoms with Gasteiger partial charge in [-0.1, -0.05) is 44.2 Å². The first-order valence-corrected chi connectivity index (χ1v) is 10.0. The molecular formula is C21H35N5O. The highest BCUT2D eigenvalue weighted by Gasteiger charge is 2.25. The first-order chi connectivity index (χ1) is 13.0. The van der Waals surface area contributed by atoms with E-state index in [2.05, 4.69) is 63.1 Å². The van der Waals surface area contributed by atoms with Gasteiger partial charge in [0, 0.05) is 51.2 Å². The Kier molecular flexibility index (Phi) is 8.58. The maximum Gasteiger partial charge on any atom is 0.222 e. The molecule has 1 aromatic carbocycles. The molecule has 0 spiro atoms. The van der Waals surface area contributed by atoms with Gasteiger partial charge in [-0.25, -0.2) is 0 Å². The predicted octanol–water partition coefficient (Wildman–Crippen LogP) is 1.98. The lowest BCUT2D eigenvalue weighted by atomic mass is 9.97. The van der Waals surface area contributed by atoms with Crippen molar-refractivity contribution in [3.63, 3.8) is 0 Å². The predicted molar refractivity (Wildman–Crippen MR) is 112 cm³/mol. The van der Waals surface area contributed by atoms with Crippen LogP contribution in [0.25, 0.3) is 0 Å². The van der Waals surface area contributed by atoms with Gasteiger partial charge >= 0.3 is 0 Å². The van der Waals surface area contributed by atoms with Crippen molar-refractivity contribution >= 4 is 11.9 Å². The fraction of sp³-hybridized carbons (Fsp3) is 0.619. The number of nitrogens with zero attached hydrogens (tertiary/aromatic N) is 2.